The average molecular weight is 337 g/mol. The van der Waals surface area contributed by atoms with Gasteiger partial charge in [-0.25, -0.2) is 0 Å². The molecule has 0 amide bonds. The molecule has 5 nitrogen and oxygen atoms in total. The lowest BCUT2D eigenvalue weighted by atomic mass is 9.99. The van der Waals surface area contributed by atoms with Gasteiger partial charge in [-0.05, 0) is 33.6 Å². The highest BCUT2D eigenvalue weighted by Crippen LogP contribution is 2.28. The van der Waals surface area contributed by atoms with Crippen molar-refractivity contribution in [2.45, 2.75) is 50.6 Å². The number of rotatable bonds is 7. The lowest BCUT2D eigenvalue weighted by molar-refractivity contribution is -0.147. The molecular formula is C13H21BrO5. The van der Waals surface area contributed by atoms with E-state index in [-0.39, 0.29) is 30.1 Å². The van der Waals surface area contributed by atoms with Gasteiger partial charge in [0.1, 0.15) is 10.9 Å². The number of esters is 2. The van der Waals surface area contributed by atoms with Crippen molar-refractivity contribution < 1.29 is 23.8 Å². The van der Waals surface area contributed by atoms with E-state index >= 15 is 0 Å². The fourth-order valence-electron chi connectivity index (χ4n) is 1.90. The van der Waals surface area contributed by atoms with Crippen LogP contribution in [0.4, 0.5) is 0 Å². The molecule has 3 atom stereocenters. The Balaban J connectivity index is 2.39. The molecule has 0 radical (unpaired) electrons. The third kappa shape index (κ3) is 5.48. The Morgan fingerprint density at radius 3 is 2.79 bits per heavy atom. The lowest BCUT2D eigenvalue weighted by Gasteiger charge is -2.12. The van der Waals surface area contributed by atoms with E-state index in [4.69, 9.17) is 14.2 Å². The molecule has 0 N–H and O–H groups in total. The van der Waals surface area contributed by atoms with Gasteiger partial charge in [-0.1, -0.05) is 15.9 Å². The van der Waals surface area contributed by atoms with Crippen LogP contribution < -0.4 is 0 Å². The van der Waals surface area contributed by atoms with Crippen molar-refractivity contribution in [3.63, 3.8) is 0 Å². The summed E-state index contributed by atoms with van der Waals surface area (Å²) in [6.07, 6.45) is 0.895. The van der Waals surface area contributed by atoms with Crippen molar-refractivity contribution >= 4 is 27.9 Å². The van der Waals surface area contributed by atoms with Gasteiger partial charge >= 0.3 is 11.9 Å². The SMILES string of the molecule is CCOC(=O)C(Br)CC1CC(COC(C)C)OC1=O. The predicted octanol–water partition coefficient (Wildman–Crippen LogP) is 2.06. The topological polar surface area (TPSA) is 61.8 Å². The van der Waals surface area contributed by atoms with E-state index in [1.54, 1.807) is 6.92 Å². The minimum Gasteiger partial charge on any atom is -0.465 e. The van der Waals surface area contributed by atoms with Gasteiger partial charge in [0.15, 0.2) is 0 Å². The van der Waals surface area contributed by atoms with E-state index < -0.39 is 4.83 Å². The Hall–Kier alpha value is -0.620. The largest absolute Gasteiger partial charge is 0.465 e. The number of hydrogen-bond donors (Lipinski definition) is 0. The van der Waals surface area contributed by atoms with Crippen LogP contribution in [0, 0.1) is 5.92 Å². The first-order valence-electron chi connectivity index (χ1n) is 6.56. The van der Waals surface area contributed by atoms with Gasteiger partial charge in [-0.15, -0.1) is 0 Å². The number of hydrogen-bond acceptors (Lipinski definition) is 5. The zero-order valence-corrected chi connectivity index (χ0v) is 13.1. The van der Waals surface area contributed by atoms with Gasteiger partial charge in [-0.2, -0.15) is 0 Å². The molecule has 3 unspecified atom stereocenters. The minimum atomic E-state index is -0.463. The third-order valence-corrected chi connectivity index (χ3v) is 3.56. The molecule has 6 heteroatoms. The summed E-state index contributed by atoms with van der Waals surface area (Å²) < 4.78 is 15.6. The molecule has 0 aromatic rings. The second-order valence-corrected chi connectivity index (χ2v) is 5.93. The molecule has 1 saturated heterocycles. The zero-order chi connectivity index (χ0) is 14.4. The molecule has 19 heavy (non-hydrogen) atoms. The Morgan fingerprint density at radius 1 is 1.53 bits per heavy atom. The fraction of sp³-hybridized carbons (Fsp3) is 0.846. The minimum absolute atomic E-state index is 0.112. The maximum Gasteiger partial charge on any atom is 0.319 e. The second kappa shape index (κ2) is 7.85. The maximum absolute atomic E-state index is 11.7. The summed E-state index contributed by atoms with van der Waals surface area (Å²) in [5.41, 5.74) is 0. The summed E-state index contributed by atoms with van der Waals surface area (Å²) in [7, 11) is 0. The molecular weight excluding hydrogens is 316 g/mol. The molecule has 0 aromatic carbocycles. The van der Waals surface area contributed by atoms with Crippen molar-refractivity contribution in [1.82, 2.24) is 0 Å². The van der Waals surface area contributed by atoms with Crippen molar-refractivity contribution in [3.8, 4) is 0 Å². The standard InChI is InChI=1S/C13H21BrO5/c1-4-17-13(16)11(14)6-9-5-10(19-12(9)15)7-18-8(2)3/h8-11H,4-7H2,1-3H3. The molecule has 1 rings (SSSR count). The predicted molar refractivity (Wildman–Crippen MR) is 73.0 cm³/mol. The van der Waals surface area contributed by atoms with Gasteiger partial charge in [0.05, 0.1) is 25.2 Å². The number of alkyl halides is 1. The van der Waals surface area contributed by atoms with Crippen molar-refractivity contribution in [2.24, 2.45) is 5.92 Å². The molecule has 0 spiro atoms. The van der Waals surface area contributed by atoms with Crippen molar-refractivity contribution in [1.29, 1.82) is 0 Å². The molecule has 1 fully saturated rings. The van der Waals surface area contributed by atoms with E-state index in [0.717, 1.165) is 0 Å². The maximum atomic E-state index is 11.7. The van der Waals surface area contributed by atoms with E-state index in [9.17, 15) is 9.59 Å². The van der Waals surface area contributed by atoms with Crippen LogP contribution in [0.3, 0.4) is 0 Å². The highest BCUT2D eigenvalue weighted by Gasteiger charge is 2.37. The van der Waals surface area contributed by atoms with Crippen LogP contribution in [0.5, 0.6) is 0 Å². The summed E-state index contributed by atoms with van der Waals surface area (Å²) >= 11 is 3.25. The van der Waals surface area contributed by atoms with E-state index in [1.165, 1.54) is 0 Å². The van der Waals surface area contributed by atoms with Crippen LogP contribution in [0.25, 0.3) is 0 Å². The number of carbonyl (C=O) groups is 2. The van der Waals surface area contributed by atoms with Crippen LogP contribution in [0.1, 0.15) is 33.6 Å². The number of cyclic esters (lactones) is 1. The van der Waals surface area contributed by atoms with Gasteiger partial charge in [-0.3, -0.25) is 9.59 Å². The van der Waals surface area contributed by atoms with Crippen LogP contribution >= 0.6 is 15.9 Å². The lowest BCUT2D eigenvalue weighted by Crippen LogP contribution is -2.22. The van der Waals surface area contributed by atoms with Crippen LogP contribution in [-0.4, -0.2) is 42.2 Å². The second-order valence-electron chi connectivity index (χ2n) is 4.83. The molecule has 0 saturated carbocycles. The monoisotopic (exact) mass is 336 g/mol. The van der Waals surface area contributed by atoms with Gasteiger partial charge < -0.3 is 14.2 Å². The third-order valence-electron chi connectivity index (χ3n) is 2.81. The van der Waals surface area contributed by atoms with Gasteiger partial charge in [0.2, 0.25) is 0 Å². The first-order valence-corrected chi connectivity index (χ1v) is 7.48. The van der Waals surface area contributed by atoms with Crippen molar-refractivity contribution in [3.05, 3.63) is 0 Å². The van der Waals surface area contributed by atoms with Gasteiger partial charge in [0.25, 0.3) is 0 Å². The van der Waals surface area contributed by atoms with E-state index in [0.29, 0.717) is 26.1 Å². The fourth-order valence-corrected chi connectivity index (χ4v) is 2.48. The van der Waals surface area contributed by atoms with Crippen molar-refractivity contribution in [2.75, 3.05) is 13.2 Å². The van der Waals surface area contributed by atoms with Crippen LogP contribution in [-0.2, 0) is 23.8 Å². The Morgan fingerprint density at radius 2 is 2.21 bits per heavy atom. The zero-order valence-electron chi connectivity index (χ0n) is 11.6. The Bertz CT molecular complexity index is 318. The molecule has 1 heterocycles. The highest BCUT2D eigenvalue weighted by atomic mass is 79.9. The van der Waals surface area contributed by atoms with Crippen LogP contribution in [0.2, 0.25) is 0 Å². The molecule has 1 aliphatic heterocycles. The average Bonchev–Trinajstić information content (AvgIpc) is 2.68. The molecule has 0 bridgehead atoms. The summed E-state index contributed by atoms with van der Waals surface area (Å²) in [6.45, 7) is 6.36. The van der Waals surface area contributed by atoms with Crippen LogP contribution in [0.15, 0.2) is 0 Å². The molecule has 110 valence electrons. The first kappa shape index (κ1) is 16.4. The summed E-state index contributed by atoms with van der Waals surface area (Å²) in [6, 6.07) is 0. The first-order chi connectivity index (χ1) is 8.93. The quantitative estimate of drug-likeness (QED) is 0.526. The molecule has 1 aliphatic rings. The number of ether oxygens (including phenoxy) is 3. The number of halogens is 1. The highest BCUT2D eigenvalue weighted by molar-refractivity contribution is 9.10. The summed E-state index contributed by atoms with van der Waals surface area (Å²) in [5.74, 6) is -0.863. The van der Waals surface area contributed by atoms with E-state index in [2.05, 4.69) is 15.9 Å². The number of carbonyl (C=O) groups excluding carboxylic acids is 2. The summed E-state index contributed by atoms with van der Waals surface area (Å²) in [4.78, 5) is 22.7. The molecule has 0 aromatic heterocycles. The normalized spacial score (nSPS) is 24.4. The van der Waals surface area contributed by atoms with Gasteiger partial charge in [0, 0.05) is 0 Å². The Labute approximate surface area is 122 Å². The Kier molecular flexibility index (Phi) is 6.79. The smallest absolute Gasteiger partial charge is 0.319 e. The molecule has 0 aliphatic carbocycles. The summed E-state index contributed by atoms with van der Waals surface area (Å²) in [5, 5.41) is 0. The van der Waals surface area contributed by atoms with E-state index in [1.807, 2.05) is 13.8 Å².